The molecule has 0 aliphatic carbocycles. The number of benzene rings is 2. The van der Waals surface area contributed by atoms with Crippen molar-refractivity contribution < 1.29 is 31.9 Å². The molecule has 0 spiro atoms. The number of halogens is 4. The van der Waals surface area contributed by atoms with E-state index >= 15 is 4.39 Å². The first-order valence-electron chi connectivity index (χ1n) is 15.7. The number of rotatable bonds is 5. The van der Waals surface area contributed by atoms with Crippen molar-refractivity contribution in [3.8, 4) is 5.75 Å². The molecule has 0 unspecified atom stereocenters. The van der Waals surface area contributed by atoms with E-state index in [4.69, 9.17) is 4.74 Å². The van der Waals surface area contributed by atoms with Gasteiger partial charge in [0.15, 0.2) is 0 Å². The molecule has 3 fully saturated rings. The number of piperidine rings is 1. The lowest BCUT2D eigenvalue weighted by atomic mass is 9.83. The molecule has 2 aromatic carbocycles. The number of carbonyl (C=O) groups excluding carboxylic acids is 2. The zero-order chi connectivity index (χ0) is 32.7. The van der Waals surface area contributed by atoms with Gasteiger partial charge in [-0.1, -0.05) is 18.2 Å². The second-order valence-corrected chi connectivity index (χ2v) is 13.6. The van der Waals surface area contributed by atoms with E-state index in [1.807, 2.05) is 42.7 Å². The Morgan fingerprint density at radius 1 is 0.889 bits per heavy atom. The second-order valence-electron chi connectivity index (χ2n) is 13.6. The molecule has 5 rings (SSSR count). The summed E-state index contributed by atoms with van der Waals surface area (Å²) in [5.74, 6) is -0.654. The number of methoxy groups -OCH3 is 1. The van der Waals surface area contributed by atoms with Crippen molar-refractivity contribution in [3.05, 3.63) is 59.2 Å². The normalized spacial score (nSPS) is 23.8. The van der Waals surface area contributed by atoms with E-state index < -0.39 is 29.2 Å². The van der Waals surface area contributed by atoms with Crippen LogP contribution in [0.4, 0.5) is 23.2 Å². The van der Waals surface area contributed by atoms with E-state index in [1.165, 1.54) is 13.0 Å². The summed E-state index contributed by atoms with van der Waals surface area (Å²) in [6.45, 7) is 10.3. The first-order chi connectivity index (χ1) is 21.1. The smallest absolute Gasteiger partial charge is 0.416 e. The lowest BCUT2D eigenvalue weighted by molar-refractivity contribution is -0.145. The van der Waals surface area contributed by atoms with Gasteiger partial charge in [0.2, 0.25) is 11.6 Å². The molecular weight excluding hydrogens is 588 g/mol. The third-order valence-electron chi connectivity index (χ3n) is 9.84. The van der Waals surface area contributed by atoms with Gasteiger partial charge in [0.25, 0.3) is 5.91 Å². The highest BCUT2D eigenvalue weighted by molar-refractivity contribution is 5.87. The number of alkyl halides is 4. The average Bonchev–Trinajstić information content (AvgIpc) is 3.39. The number of hydrogen-bond donors (Lipinski definition) is 0. The highest BCUT2D eigenvalue weighted by Gasteiger charge is 2.57. The zero-order valence-electron chi connectivity index (χ0n) is 26.8. The number of anilines is 1. The maximum absolute atomic E-state index is 17.2. The molecule has 3 saturated heterocycles. The van der Waals surface area contributed by atoms with Gasteiger partial charge in [-0.2, -0.15) is 13.2 Å². The number of ether oxygens (including phenoxy) is 1. The summed E-state index contributed by atoms with van der Waals surface area (Å²) in [6.07, 6.45) is -3.45. The summed E-state index contributed by atoms with van der Waals surface area (Å²) in [4.78, 5) is 33.1. The summed E-state index contributed by atoms with van der Waals surface area (Å²) in [7, 11) is 1.57. The van der Waals surface area contributed by atoms with Crippen LogP contribution in [0.2, 0.25) is 0 Å². The second kappa shape index (κ2) is 12.5. The molecule has 7 nitrogen and oxygen atoms in total. The van der Waals surface area contributed by atoms with E-state index in [0.717, 1.165) is 17.2 Å². The van der Waals surface area contributed by atoms with Gasteiger partial charge < -0.3 is 19.4 Å². The standard InChI is InChI=1S/C34H44F4N4O3/c1-23(43)39-16-18-40(19-17-39)30-20-26(34(36,37)38)8-11-28(30)24-12-14-41(15-13-24)31(44)33(35)22-42(32(2,3)4)21-29(33)25-6-9-27(45-5)10-7-25/h6-11,20,24,29H,12-19,21-22H2,1-5H3/t29-,33-/m0/s1. The molecule has 246 valence electrons. The predicted molar refractivity (Wildman–Crippen MR) is 165 cm³/mol. The van der Waals surface area contributed by atoms with E-state index in [-0.39, 0.29) is 23.9 Å². The number of nitrogens with zero attached hydrogens (tertiary/aromatic N) is 4. The van der Waals surface area contributed by atoms with E-state index in [0.29, 0.717) is 70.1 Å². The van der Waals surface area contributed by atoms with Crippen molar-refractivity contribution in [1.29, 1.82) is 0 Å². The fourth-order valence-electron chi connectivity index (χ4n) is 7.01. The maximum Gasteiger partial charge on any atom is 0.416 e. The Balaban J connectivity index is 1.35. The fraction of sp³-hybridized carbons (Fsp3) is 0.588. The van der Waals surface area contributed by atoms with Crippen molar-refractivity contribution in [2.45, 2.75) is 69.8 Å². The maximum atomic E-state index is 17.2. The van der Waals surface area contributed by atoms with Crippen molar-refractivity contribution >= 4 is 17.5 Å². The molecule has 3 aliphatic rings. The molecule has 0 aromatic heterocycles. The van der Waals surface area contributed by atoms with Gasteiger partial charge in [-0.25, -0.2) is 4.39 Å². The van der Waals surface area contributed by atoms with Crippen molar-refractivity contribution in [2.75, 3.05) is 64.4 Å². The minimum atomic E-state index is -4.48. The monoisotopic (exact) mass is 632 g/mol. The zero-order valence-corrected chi connectivity index (χ0v) is 26.8. The molecule has 0 radical (unpaired) electrons. The minimum absolute atomic E-state index is 0.0126. The third kappa shape index (κ3) is 6.78. The number of amides is 2. The summed E-state index contributed by atoms with van der Waals surface area (Å²) in [5.41, 5.74) is -1.09. The van der Waals surface area contributed by atoms with Crippen LogP contribution in [0.15, 0.2) is 42.5 Å². The van der Waals surface area contributed by atoms with E-state index in [2.05, 4.69) is 0 Å². The molecule has 0 bridgehead atoms. The Hall–Kier alpha value is -3.34. The summed E-state index contributed by atoms with van der Waals surface area (Å²) >= 11 is 0. The average molecular weight is 633 g/mol. The minimum Gasteiger partial charge on any atom is -0.497 e. The van der Waals surface area contributed by atoms with Gasteiger partial charge in [0, 0.05) is 76.4 Å². The van der Waals surface area contributed by atoms with Gasteiger partial charge >= 0.3 is 6.18 Å². The number of hydrogen-bond acceptors (Lipinski definition) is 5. The van der Waals surface area contributed by atoms with Crippen LogP contribution in [0.25, 0.3) is 0 Å². The molecule has 0 N–H and O–H groups in total. The van der Waals surface area contributed by atoms with E-state index in [9.17, 15) is 22.8 Å². The number of carbonyl (C=O) groups is 2. The third-order valence-corrected chi connectivity index (χ3v) is 9.84. The SMILES string of the molecule is COc1ccc([C@@H]2CN(C(C)(C)C)C[C@@]2(F)C(=O)N2CCC(c3ccc(C(F)(F)F)cc3N3CCN(C(C)=O)CC3)CC2)cc1. The van der Waals surface area contributed by atoms with Gasteiger partial charge in [0.1, 0.15) is 5.75 Å². The Bertz CT molecular complexity index is 1380. The summed E-state index contributed by atoms with van der Waals surface area (Å²) in [6, 6.07) is 11.1. The predicted octanol–water partition coefficient (Wildman–Crippen LogP) is 5.69. The van der Waals surface area contributed by atoms with Crippen LogP contribution in [0.3, 0.4) is 0 Å². The molecule has 2 atom stereocenters. The van der Waals surface area contributed by atoms with Gasteiger partial charge in [-0.15, -0.1) is 0 Å². The van der Waals surface area contributed by atoms with Crippen LogP contribution in [0, 0.1) is 0 Å². The van der Waals surface area contributed by atoms with E-state index in [1.54, 1.807) is 35.1 Å². The molecular formula is C34H44F4N4O3. The van der Waals surface area contributed by atoms with Gasteiger partial charge in [-0.05, 0) is 74.9 Å². The van der Waals surface area contributed by atoms with Crippen LogP contribution >= 0.6 is 0 Å². The molecule has 3 heterocycles. The number of piperazine rings is 1. The van der Waals surface area contributed by atoms with Crippen LogP contribution in [0.5, 0.6) is 5.75 Å². The first kappa shape index (κ1) is 33.0. The lowest BCUT2D eigenvalue weighted by Crippen LogP contribution is -2.53. The highest BCUT2D eigenvalue weighted by Crippen LogP contribution is 2.45. The van der Waals surface area contributed by atoms with Crippen LogP contribution in [0.1, 0.15) is 69.1 Å². The quantitative estimate of drug-likeness (QED) is 0.397. The topological polar surface area (TPSA) is 56.3 Å². The van der Waals surface area contributed by atoms with Crippen molar-refractivity contribution in [1.82, 2.24) is 14.7 Å². The Morgan fingerprint density at radius 3 is 2.04 bits per heavy atom. The Morgan fingerprint density at radius 2 is 1.51 bits per heavy atom. The Kier molecular flexibility index (Phi) is 9.14. The highest BCUT2D eigenvalue weighted by atomic mass is 19.4. The van der Waals surface area contributed by atoms with Crippen LogP contribution in [-0.2, 0) is 15.8 Å². The fourth-order valence-corrected chi connectivity index (χ4v) is 7.01. The van der Waals surface area contributed by atoms with Gasteiger partial charge in [-0.3, -0.25) is 14.5 Å². The number of likely N-dealkylation sites (tertiary alicyclic amines) is 2. The summed E-state index contributed by atoms with van der Waals surface area (Å²) in [5, 5.41) is 0. The molecule has 11 heteroatoms. The molecule has 2 amide bonds. The molecule has 2 aromatic rings. The Labute approximate surface area is 263 Å². The lowest BCUT2D eigenvalue weighted by Gasteiger charge is -2.40. The first-order valence-corrected chi connectivity index (χ1v) is 15.7. The molecule has 45 heavy (non-hydrogen) atoms. The van der Waals surface area contributed by atoms with Gasteiger partial charge in [0.05, 0.1) is 12.7 Å². The van der Waals surface area contributed by atoms with Crippen LogP contribution < -0.4 is 9.64 Å². The van der Waals surface area contributed by atoms with Crippen LogP contribution in [-0.4, -0.2) is 97.2 Å². The van der Waals surface area contributed by atoms with Crippen molar-refractivity contribution in [3.63, 3.8) is 0 Å². The van der Waals surface area contributed by atoms with Crippen molar-refractivity contribution in [2.24, 2.45) is 0 Å². The summed E-state index contributed by atoms with van der Waals surface area (Å²) < 4.78 is 63.6. The molecule has 3 aliphatic heterocycles. The molecule has 0 saturated carbocycles. The largest absolute Gasteiger partial charge is 0.497 e.